The SMILES string of the molecule is CCn1c(=O)oc2cc(C(=O)c3sccc3Br)ccc21. The molecule has 0 aliphatic rings. The first-order chi connectivity index (χ1) is 9.61. The van der Waals surface area contributed by atoms with Gasteiger partial charge in [0.1, 0.15) is 0 Å². The number of halogens is 1. The molecule has 0 saturated carbocycles. The minimum absolute atomic E-state index is 0.0827. The summed E-state index contributed by atoms with van der Waals surface area (Å²) in [5, 5.41) is 1.85. The van der Waals surface area contributed by atoms with Crippen molar-refractivity contribution in [2.45, 2.75) is 13.5 Å². The van der Waals surface area contributed by atoms with Crippen molar-refractivity contribution in [1.29, 1.82) is 0 Å². The van der Waals surface area contributed by atoms with Gasteiger partial charge in [-0.1, -0.05) is 0 Å². The highest BCUT2D eigenvalue weighted by molar-refractivity contribution is 9.10. The van der Waals surface area contributed by atoms with E-state index in [0.717, 1.165) is 4.47 Å². The normalized spacial score (nSPS) is 11.1. The number of rotatable bonds is 3. The molecule has 3 rings (SSSR count). The molecule has 20 heavy (non-hydrogen) atoms. The standard InChI is InChI=1S/C14H10BrNO3S/c1-2-16-10-4-3-8(7-11(10)19-14(16)18)12(17)13-9(15)5-6-20-13/h3-7H,2H2,1H3. The molecule has 1 aromatic carbocycles. The quantitative estimate of drug-likeness (QED) is 0.676. The summed E-state index contributed by atoms with van der Waals surface area (Å²) in [6, 6.07) is 6.93. The summed E-state index contributed by atoms with van der Waals surface area (Å²) in [5.74, 6) is -0.481. The maximum Gasteiger partial charge on any atom is 0.419 e. The highest BCUT2D eigenvalue weighted by Crippen LogP contribution is 2.26. The van der Waals surface area contributed by atoms with Crippen LogP contribution in [0.15, 0.2) is 43.3 Å². The van der Waals surface area contributed by atoms with Gasteiger partial charge in [0.05, 0.1) is 10.4 Å². The molecular formula is C14H10BrNO3S. The van der Waals surface area contributed by atoms with E-state index in [-0.39, 0.29) is 5.78 Å². The summed E-state index contributed by atoms with van der Waals surface area (Å²) < 4.78 is 7.49. The van der Waals surface area contributed by atoms with Gasteiger partial charge in [0.25, 0.3) is 0 Å². The van der Waals surface area contributed by atoms with E-state index in [9.17, 15) is 9.59 Å². The predicted molar refractivity (Wildman–Crippen MR) is 81.6 cm³/mol. The molecule has 0 aliphatic carbocycles. The molecule has 4 nitrogen and oxygen atoms in total. The van der Waals surface area contributed by atoms with Crippen LogP contribution in [0.25, 0.3) is 11.1 Å². The molecule has 2 aromatic heterocycles. The van der Waals surface area contributed by atoms with Gasteiger partial charge in [-0.3, -0.25) is 9.36 Å². The lowest BCUT2D eigenvalue weighted by molar-refractivity contribution is 0.104. The van der Waals surface area contributed by atoms with Gasteiger partial charge in [-0.25, -0.2) is 4.79 Å². The van der Waals surface area contributed by atoms with Crippen LogP contribution in [0.4, 0.5) is 0 Å². The Hall–Kier alpha value is -1.66. The highest BCUT2D eigenvalue weighted by Gasteiger charge is 2.16. The number of aryl methyl sites for hydroxylation is 1. The summed E-state index contributed by atoms with van der Waals surface area (Å²) in [6.45, 7) is 2.41. The molecule has 3 aromatic rings. The average molecular weight is 352 g/mol. The van der Waals surface area contributed by atoms with Crippen LogP contribution in [0, 0.1) is 0 Å². The van der Waals surface area contributed by atoms with E-state index in [1.54, 1.807) is 18.2 Å². The van der Waals surface area contributed by atoms with Crippen molar-refractivity contribution >= 4 is 44.1 Å². The van der Waals surface area contributed by atoms with E-state index in [2.05, 4.69) is 15.9 Å². The van der Waals surface area contributed by atoms with Crippen molar-refractivity contribution in [1.82, 2.24) is 4.57 Å². The first-order valence-corrected chi connectivity index (χ1v) is 7.70. The van der Waals surface area contributed by atoms with E-state index in [1.165, 1.54) is 15.9 Å². The van der Waals surface area contributed by atoms with E-state index >= 15 is 0 Å². The van der Waals surface area contributed by atoms with Gasteiger partial charge >= 0.3 is 5.76 Å². The van der Waals surface area contributed by atoms with Gasteiger partial charge in [-0.15, -0.1) is 11.3 Å². The topological polar surface area (TPSA) is 52.2 Å². The first-order valence-electron chi connectivity index (χ1n) is 6.03. The van der Waals surface area contributed by atoms with Gasteiger partial charge in [0, 0.05) is 16.6 Å². The molecule has 6 heteroatoms. The van der Waals surface area contributed by atoms with Crippen molar-refractivity contribution < 1.29 is 9.21 Å². The van der Waals surface area contributed by atoms with Gasteiger partial charge in [-0.2, -0.15) is 0 Å². The third-order valence-corrected chi connectivity index (χ3v) is 4.91. The number of carbonyl (C=O) groups is 1. The summed E-state index contributed by atoms with van der Waals surface area (Å²) in [4.78, 5) is 24.7. The number of nitrogens with zero attached hydrogens (tertiary/aromatic N) is 1. The lowest BCUT2D eigenvalue weighted by atomic mass is 10.1. The molecule has 0 bridgehead atoms. The summed E-state index contributed by atoms with van der Waals surface area (Å²) in [6.07, 6.45) is 0. The number of benzene rings is 1. The van der Waals surface area contributed by atoms with Crippen molar-refractivity contribution in [2.75, 3.05) is 0 Å². The fourth-order valence-electron chi connectivity index (χ4n) is 2.09. The second-order valence-corrected chi connectivity index (χ2v) is 5.99. The Morgan fingerprint density at radius 2 is 2.20 bits per heavy atom. The number of aromatic nitrogens is 1. The van der Waals surface area contributed by atoms with E-state index < -0.39 is 5.76 Å². The number of hydrogen-bond donors (Lipinski definition) is 0. The number of ketones is 1. The van der Waals surface area contributed by atoms with Crippen LogP contribution in [0.1, 0.15) is 22.2 Å². The zero-order valence-electron chi connectivity index (χ0n) is 10.6. The molecule has 0 radical (unpaired) electrons. The van der Waals surface area contributed by atoms with Crippen molar-refractivity contribution in [2.24, 2.45) is 0 Å². The van der Waals surface area contributed by atoms with Gasteiger partial charge in [0.15, 0.2) is 5.58 Å². The van der Waals surface area contributed by atoms with Gasteiger partial charge in [0.2, 0.25) is 5.78 Å². The lowest BCUT2D eigenvalue weighted by Crippen LogP contribution is -2.11. The lowest BCUT2D eigenvalue weighted by Gasteiger charge is -2.00. The molecule has 0 aliphatic heterocycles. The molecule has 102 valence electrons. The molecule has 0 fully saturated rings. The monoisotopic (exact) mass is 351 g/mol. The smallest absolute Gasteiger partial charge is 0.408 e. The number of fused-ring (bicyclic) bond motifs is 1. The fraction of sp³-hybridized carbons (Fsp3) is 0.143. The Labute approximate surface area is 126 Å². The number of hydrogen-bond acceptors (Lipinski definition) is 4. The van der Waals surface area contributed by atoms with Crippen LogP contribution in [0.3, 0.4) is 0 Å². The Morgan fingerprint density at radius 3 is 2.85 bits per heavy atom. The number of carbonyl (C=O) groups excluding carboxylic acids is 1. The van der Waals surface area contributed by atoms with Crippen molar-refractivity contribution in [3.63, 3.8) is 0 Å². The van der Waals surface area contributed by atoms with Crippen LogP contribution in [-0.2, 0) is 6.54 Å². The van der Waals surface area contributed by atoms with Crippen LogP contribution in [0.2, 0.25) is 0 Å². The summed E-state index contributed by atoms with van der Waals surface area (Å²) >= 11 is 4.73. The molecule has 0 amide bonds. The minimum Gasteiger partial charge on any atom is -0.408 e. The van der Waals surface area contributed by atoms with E-state index in [1.807, 2.05) is 18.4 Å². The predicted octanol–water partition coefficient (Wildman–Crippen LogP) is 3.67. The summed E-state index contributed by atoms with van der Waals surface area (Å²) in [7, 11) is 0. The molecule has 0 spiro atoms. The number of oxazole rings is 1. The van der Waals surface area contributed by atoms with Gasteiger partial charge in [-0.05, 0) is 52.5 Å². The largest absolute Gasteiger partial charge is 0.419 e. The second-order valence-electron chi connectivity index (χ2n) is 4.22. The Bertz CT molecular complexity index is 859. The Kier molecular flexibility index (Phi) is 3.35. The van der Waals surface area contributed by atoms with Crippen molar-refractivity contribution in [3.8, 4) is 0 Å². The molecule has 2 heterocycles. The van der Waals surface area contributed by atoms with Crippen LogP contribution in [0.5, 0.6) is 0 Å². The third-order valence-electron chi connectivity index (χ3n) is 3.07. The third kappa shape index (κ3) is 2.05. The number of thiophene rings is 1. The average Bonchev–Trinajstić information content (AvgIpc) is 2.99. The molecule has 0 atom stereocenters. The van der Waals surface area contributed by atoms with E-state index in [4.69, 9.17) is 4.42 Å². The zero-order valence-corrected chi connectivity index (χ0v) is 13.0. The first kappa shape index (κ1) is 13.3. The Balaban J connectivity index is 2.12. The van der Waals surface area contributed by atoms with Crippen molar-refractivity contribution in [3.05, 3.63) is 55.1 Å². The van der Waals surface area contributed by atoms with Gasteiger partial charge < -0.3 is 4.42 Å². The molecular weight excluding hydrogens is 342 g/mol. The molecule has 0 unspecified atom stereocenters. The van der Waals surface area contributed by atoms with Crippen LogP contribution in [-0.4, -0.2) is 10.4 Å². The highest BCUT2D eigenvalue weighted by atomic mass is 79.9. The Morgan fingerprint density at radius 1 is 1.40 bits per heavy atom. The summed E-state index contributed by atoms with van der Waals surface area (Å²) in [5.41, 5.74) is 1.66. The molecule has 0 N–H and O–H groups in total. The van der Waals surface area contributed by atoms with Crippen LogP contribution < -0.4 is 5.76 Å². The fourth-order valence-corrected chi connectivity index (χ4v) is 3.61. The maximum absolute atomic E-state index is 12.4. The molecule has 0 saturated heterocycles. The zero-order chi connectivity index (χ0) is 14.3. The van der Waals surface area contributed by atoms with Crippen LogP contribution >= 0.6 is 27.3 Å². The maximum atomic E-state index is 12.4. The second kappa shape index (κ2) is 5.03. The van der Waals surface area contributed by atoms with E-state index in [0.29, 0.717) is 28.1 Å². The minimum atomic E-state index is -0.399.